The minimum Gasteiger partial charge on any atom is -0.371 e. The maximum atomic E-state index is 13.0. The first-order chi connectivity index (χ1) is 11.4. The molecule has 1 amide bonds. The first kappa shape index (κ1) is 17.8. The van der Waals surface area contributed by atoms with Crippen LogP contribution in [0.1, 0.15) is 29.8 Å². The molecular weight excluding hydrogens is 319 g/mol. The number of carbonyl (C=O) groups is 1. The zero-order chi connectivity index (χ0) is 17.7. The summed E-state index contributed by atoms with van der Waals surface area (Å²) in [5.41, 5.74) is -0.206. The Labute approximate surface area is 138 Å². The lowest BCUT2D eigenvalue weighted by molar-refractivity contribution is -0.136. The third kappa shape index (κ3) is 4.04. The minimum absolute atomic E-state index is 0.205. The maximum Gasteiger partial charge on any atom is 0.418 e. The molecule has 0 aliphatic heterocycles. The predicted molar refractivity (Wildman–Crippen MR) is 87.2 cm³/mol. The van der Waals surface area contributed by atoms with Gasteiger partial charge in [0.2, 0.25) is 0 Å². The number of nitrogens with zero attached hydrogens (tertiary/aromatic N) is 2. The Morgan fingerprint density at radius 3 is 2.46 bits per heavy atom. The molecule has 1 heterocycles. The summed E-state index contributed by atoms with van der Waals surface area (Å²) in [7, 11) is 0. The lowest BCUT2D eigenvalue weighted by Gasteiger charge is -2.21. The fraction of sp³-hybridized carbons (Fsp3) is 0.294. The van der Waals surface area contributed by atoms with Crippen molar-refractivity contribution in [2.24, 2.45) is 0 Å². The van der Waals surface area contributed by atoms with Crippen molar-refractivity contribution in [3.8, 4) is 0 Å². The van der Waals surface area contributed by atoms with Crippen LogP contribution in [-0.4, -0.2) is 24.0 Å². The highest BCUT2D eigenvalue weighted by Crippen LogP contribution is 2.34. The van der Waals surface area contributed by atoms with E-state index >= 15 is 0 Å². The summed E-state index contributed by atoms with van der Waals surface area (Å²) < 4.78 is 39.0. The van der Waals surface area contributed by atoms with Gasteiger partial charge in [-0.2, -0.15) is 13.2 Å². The average molecular weight is 337 g/mol. The molecule has 0 aliphatic carbocycles. The third-order valence-corrected chi connectivity index (χ3v) is 3.60. The van der Waals surface area contributed by atoms with Crippen molar-refractivity contribution in [1.82, 2.24) is 4.98 Å². The van der Waals surface area contributed by atoms with Crippen LogP contribution >= 0.6 is 0 Å². The van der Waals surface area contributed by atoms with Gasteiger partial charge in [0.1, 0.15) is 0 Å². The quantitative estimate of drug-likeness (QED) is 0.889. The molecule has 0 unspecified atom stereocenters. The first-order valence-electron chi connectivity index (χ1n) is 7.54. The van der Waals surface area contributed by atoms with Gasteiger partial charge in [-0.1, -0.05) is 12.1 Å². The van der Waals surface area contributed by atoms with E-state index in [0.717, 1.165) is 24.8 Å². The lowest BCUT2D eigenvalue weighted by atomic mass is 10.1. The number of carbonyl (C=O) groups excluding carboxylic acids is 1. The van der Waals surface area contributed by atoms with Gasteiger partial charge in [0.15, 0.2) is 0 Å². The van der Waals surface area contributed by atoms with E-state index in [0.29, 0.717) is 0 Å². The Morgan fingerprint density at radius 2 is 1.83 bits per heavy atom. The highest BCUT2D eigenvalue weighted by atomic mass is 19.4. The van der Waals surface area contributed by atoms with E-state index in [9.17, 15) is 18.0 Å². The van der Waals surface area contributed by atoms with E-state index in [2.05, 4.69) is 10.3 Å². The van der Waals surface area contributed by atoms with Gasteiger partial charge < -0.3 is 10.2 Å². The average Bonchev–Trinajstić information content (AvgIpc) is 2.56. The summed E-state index contributed by atoms with van der Waals surface area (Å²) in [6.45, 7) is 5.41. The number of hydrogen-bond acceptors (Lipinski definition) is 3. The van der Waals surface area contributed by atoms with Crippen molar-refractivity contribution < 1.29 is 18.0 Å². The van der Waals surface area contributed by atoms with Crippen LogP contribution < -0.4 is 10.2 Å². The maximum absolute atomic E-state index is 13.0. The second-order valence-electron chi connectivity index (χ2n) is 5.10. The van der Waals surface area contributed by atoms with Crippen LogP contribution in [0.2, 0.25) is 0 Å². The largest absolute Gasteiger partial charge is 0.418 e. The number of aromatic nitrogens is 1. The molecule has 0 bridgehead atoms. The topological polar surface area (TPSA) is 45.2 Å². The van der Waals surface area contributed by atoms with Crippen LogP contribution in [0.4, 0.5) is 24.5 Å². The number of amides is 1. The molecule has 0 atom stereocenters. The molecule has 0 aliphatic rings. The van der Waals surface area contributed by atoms with Crippen molar-refractivity contribution in [1.29, 1.82) is 0 Å². The summed E-state index contributed by atoms with van der Waals surface area (Å²) in [5.74, 6) is -0.631. The van der Waals surface area contributed by atoms with E-state index in [-0.39, 0.29) is 11.3 Å². The fourth-order valence-electron chi connectivity index (χ4n) is 2.35. The fourth-order valence-corrected chi connectivity index (χ4v) is 2.35. The Morgan fingerprint density at radius 1 is 1.17 bits per heavy atom. The zero-order valence-corrected chi connectivity index (χ0v) is 13.4. The van der Waals surface area contributed by atoms with Crippen LogP contribution in [0, 0.1) is 0 Å². The molecule has 1 N–H and O–H groups in total. The highest BCUT2D eigenvalue weighted by Gasteiger charge is 2.33. The number of para-hydroxylation sites is 1. The molecule has 24 heavy (non-hydrogen) atoms. The Hall–Kier alpha value is -2.57. The molecule has 1 aromatic heterocycles. The number of rotatable bonds is 5. The van der Waals surface area contributed by atoms with E-state index < -0.39 is 17.6 Å². The monoisotopic (exact) mass is 337 g/mol. The Kier molecular flexibility index (Phi) is 5.43. The lowest BCUT2D eigenvalue weighted by Crippen LogP contribution is -2.23. The number of hydrogen-bond donors (Lipinski definition) is 1. The second-order valence-corrected chi connectivity index (χ2v) is 5.10. The van der Waals surface area contributed by atoms with E-state index in [4.69, 9.17) is 0 Å². The van der Waals surface area contributed by atoms with Crippen LogP contribution in [0.5, 0.6) is 0 Å². The number of alkyl halides is 3. The van der Waals surface area contributed by atoms with Crippen molar-refractivity contribution >= 4 is 17.3 Å². The molecule has 7 heteroatoms. The van der Waals surface area contributed by atoms with Gasteiger partial charge in [0.05, 0.1) is 28.7 Å². The summed E-state index contributed by atoms with van der Waals surface area (Å²) in [6, 6.07) is 6.49. The van der Waals surface area contributed by atoms with E-state index in [1.165, 1.54) is 24.4 Å². The molecule has 0 saturated heterocycles. The van der Waals surface area contributed by atoms with Gasteiger partial charge in [-0.25, -0.2) is 0 Å². The molecule has 0 saturated carbocycles. The molecule has 2 aromatic rings. The van der Waals surface area contributed by atoms with Crippen molar-refractivity contribution in [3.63, 3.8) is 0 Å². The van der Waals surface area contributed by atoms with Gasteiger partial charge in [-0.15, -0.1) is 0 Å². The normalized spacial score (nSPS) is 11.2. The van der Waals surface area contributed by atoms with Gasteiger partial charge in [-0.3, -0.25) is 9.78 Å². The van der Waals surface area contributed by atoms with E-state index in [1.807, 2.05) is 18.7 Å². The molecule has 2 rings (SSSR count). The van der Waals surface area contributed by atoms with Crippen molar-refractivity contribution in [2.45, 2.75) is 20.0 Å². The summed E-state index contributed by atoms with van der Waals surface area (Å²) in [6.07, 6.45) is -1.59. The molecule has 128 valence electrons. The zero-order valence-electron chi connectivity index (χ0n) is 13.4. The number of anilines is 2. The Balaban J connectivity index is 2.27. The predicted octanol–water partition coefficient (Wildman–Crippen LogP) is 4.20. The van der Waals surface area contributed by atoms with Gasteiger partial charge in [0, 0.05) is 19.3 Å². The molecule has 4 nitrogen and oxygen atoms in total. The van der Waals surface area contributed by atoms with Crippen molar-refractivity contribution in [2.75, 3.05) is 23.3 Å². The summed E-state index contributed by atoms with van der Waals surface area (Å²) in [4.78, 5) is 18.3. The first-order valence-corrected chi connectivity index (χ1v) is 7.54. The molecule has 0 radical (unpaired) electrons. The van der Waals surface area contributed by atoms with Crippen LogP contribution in [0.3, 0.4) is 0 Å². The highest BCUT2D eigenvalue weighted by molar-refractivity contribution is 6.05. The summed E-state index contributed by atoms with van der Waals surface area (Å²) in [5, 5.41) is 2.32. The number of pyridine rings is 1. The smallest absolute Gasteiger partial charge is 0.371 e. The number of benzene rings is 1. The second kappa shape index (κ2) is 7.33. The molecule has 0 spiro atoms. The number of nitrogens with one attached hydrogen (secondary N) is 1. The van der Waals surface area contributed by atoms with Crippen LogP contribution in [0.25, 0.3) is 0 Å². The van der Waals surface area contributed by atoms with E-state index in [1.54, 1.807) is 12.3 Å². The summed E-state index contributed by atoms with van der Waals surface area (Å²) >= 11 is 0. The van der Waals surface area contributed by atoms with Crippen molar-refractivity contribution in [3.05, 3.63) is 53.9 Å². The third-order valence-electron chi connectivity index (χ3n) is 3.60. The van der Waals surface area contributed by atoms with Crippen LogP contribution in [0.15, 0.2) is 42.7 Å². The van der Waals surface area contributed by atoms with Gasteiger partial charge in [-0.05, 0) is 32.0 Å². The number of halogens is 3. The van der Waals surface area contributed by atoms with Gasteiger partial charge >= 0.3 is 6.18 Å². The minimum atomic E-state index is -4.54. The Bertz CT molecular complexity index is 712. The van der Waals surface area contributed by atoms with Crippen LogP contribution in [-0.2, 0) is 6.18 Å². The molecule has 0 fully saturated rings. The SMILES string of the molecule is CCN(CC)c1cncc(C(=O)Nc2ccccc2C(F)(F)F)c1. The molecular formula is C17H18F3N3O. The van der Waals surface area contributed by atoms with Gasteiger partial charge in [0.25, 0.3) is 5.91 Å². The standard InChI is InChI=1S/C17H18F3N3O/c1-3-23(4-2)13-9-12(10-21-11-13)16(24)22-15-8-6-5-7-14(15)17(18,19)20/h5-11H,3-4H2,1-2H3,(H,22,24). The molecule has 1 aromatic carbocycles.